The van der Waals surface area contributed by atoms with Gasteiger partial charge in [-0.1, -0.05) is 17.7 Å². The van der Waals surface area contributed by atoms with Crippen molar-refractivity contribution in [3.63, 3.8) is 0 Å². The standard InChI is InChI=1S/C15H20ClFN2O/c1-15(18-2)6-8-19(9-7-15)14(20)10-11-12(16)4-3-5-13(11)17/h3-5,18H,6-10H2,1-2H3. The first-order valence-electron chi connectivity index (χ1n) is 6.85. The molecule has 1 aliphatic rings. The Bertz CT molecular complexity index is 478. The molecule has 1 fully saturated rings. The summed E-state index contributed by atoms with van der Waals surface area (Å²) in [4.78, 5) is 14.0. The smallest absolute Gasteiger partial charge is 0.227 e. The van der Waals surface area contributed by atoms with Gasteiger partial charge < -0.3 is 10.2 Å². The SMILES string of the molecule is CNC1(C)CCN(C(=O)Cc2c(F)cccc2Cl)CC1. The van der Waals surface area contributed by atoms with Gasteiger partial charge in [0.15, 0.2) is 0 Å². The Balaban J connectivity index is 2.00. The number of carbonyl (C=O) groups excluding carboxylic acids is 1. The minimum Gasteiger partial charge on any atom is -0.342 e. The number of nitrogens with one attached hydrogen (secondary N) is 1. The van der Waals surface area contributed by atoms with Crippen molar-refractivity contribution in [2.45, 2.75) is 31.7 Å². The zero-order valence-corrected chi connectivity index (χ0v) is 12.6. The van der Waals surface area contributed by atoms with Crippen molar-refractivity contribution < 1.29 is 9.18 Å². The van der Waals surface area contributed by atoms with E-state index in [0.717, 1.165) is 12.8 Å². The monoisotopic (exact) mass is 298 g/mol. The lowest BCUT2D eigenvalue weighted by Crippen LogP contribution is -2.51. The maximum absolute atomic E-state index is 13.7. The van der Waals surface area contributed by atoms with E-state index in [1.165, 1.54) is 6.07 Å². The highest BCUT2D eigenvalue weighted by Gasteiger charge is 2.30. The number of likely N-dealkylation sites (tertiary alicyclic amines) is 1. The Labute approximate surface area is 124 Å². The summed E-state index contributed by atoms with van der Waals surface area (Å²) in [6, 6.07) is 4.50. The molecule has 1 heterocycles. The molecule has 1 saturated heterocycles. The third-order valence-electron chi connectivity index (χ3n) is 4.21. The molecule has 0 aromatic heterocycles. The van der Waals surface area contributed by atoms with Crippen molar-refractivity contribution in [1.82, 2.24) is 10.2 Å². The topological polar surface area (TPSA) is 32.3 Å². The number of hydrogen-bond acceptors (Lipinski definition) is 2. The van der Waals surface area contributed by atoms with Gasteiger partial charge in [-0.15, -0.1) is 0 Å². The van der Waals surface area contributed by atoms with Crippen LogP contribution in [0.15, 0.2) is 18.2 Å². The van der Waals surface area contributed by atoms with E-state index >= 15 is 0 Å². The molecule has 110 valence electrons. The van der Waals surface area contributed by atoms with E-state index in [2.05, 4.69) is 12.2 Å². The fourth-order valence-corrected chi connectivity index (χ4v) is 2.69. The Morgan fingerprint density at radius 1 is 1.45 bits per heavy atom. The van der Waals surface area contributed by atoms with Gasteiger partial charge in [-0.25, -0.2) is 4.39 Å². The van der Waals surface area contributed by atoms with Gasteiger partial charge >= 0.3 is 0 Å². The lowest BCUT2D eigenvalue weighted by molar-refractivity contribution is -0.132. The normalized spacial score (nSPS) is 18.1. The number of benzene rings is 1. The predicted octanol–water partition coefficient (Wildman–Crippen LogP) is 2.62. The number of halogens is 2. The molecule has 1 N–H and O–H groups in total. The van der Waals surface area contributed by atoms with E-state index in [-0.39, 0.29) is 17.9 Å². The third-order valence-corrected chi connectivity index (χ3v) is 4.57. The summed E-state index contributed by atoms with van der Waals surface area (Å²) in [7, 11) is 1.94. The summed E-state index contributed by atoms with van der Waals surface area (Å²) >= 11 is 5.96. The van der Waals surface area contributed by atoms with E-state index in [0.29, 0.717) is 23.7 Å². The minimum absolute atomic E-state index is 0.0295. The Morgan fingerprint density at radius 3 is 2.65 bits per heavy atom. The zero-order chi connectivity index (χ0) is 14.8. The fraction of sp³-hybridized carbons (Fsp3) is 0.533. The predicted molar refractivity (Wildman–Crippen MR) is 78.4 cm³/mol. The molecule has 1 amide bonds. The molecular weight excluding hydrogens is 279 g/mol. The maximum Gasteiger partial charge on any atom is 0.227 e. The molecule has 1 aliphatic heterocycles. The number of carbonyl (C=O) groups is 1. The van der Waals surface area contributed by atoms with E-state index in [1.54, 1.807) is 17.0 Å². The molecule has 5 heteroatoms. The van der Waals surface area contributed by atoms with Crippen molar-refractivity contribution in [3.05, 3.63) is 34.6 Å². The van der Waals surface area contributed by atoms with Gasteiger partial charge in [-0.3, -0.25) is 4.79 Å². The summed E-state index contributed by atoms with van der Waals surface area (Å²) in [5, 5.41) is 3.60. The molecule has 0 radical (unpaired) electrons. The van der Waals surface area contributed by atoms with Gasteiger partial charge in [0.1, 0.15) is 5.82 Å². The number of rotatable bonds is 3. The van der Waals surface area contributed by atoms with Crippen LogP contribution in [-0.2, 0) is 11.2 Å². The molecule has 1 aromatic carbocycles. The quantitative estimate of drug-likeness (QED) is 0.930. The van der Waals surface area contributed by atoms with Crippen LogP contribution < -0.4 is 5.32 Å². The molecule has 0 unspecified atom stereocenters. The summed E-state index contributed by atoms with van der Waals surface area (Å²) in [5.41, 5.74) is 0.382. The van der Waals surface area contributed by atoms with E-state index in [1.807, 2.05) is 7.05 Å². The van der Waals surface area contributed by atoms with Crippen LogP contribution in [0.4, 0.5) is 4.39 Å². The summed E-state index contributed by atoms with van der Waals surface area (Å²) < 4.78 is 13.7. The number of nitrogens with zero attached hydrogens (tertiary/aromatic N) is 1. The lowest BCUT2D eigenvalue weighted by atomic mass is 9.89. The Morgan fingerprint density at radius 2 is 2.10 bits per heavy atom. The minimum atomic E-state index is -0.414. The average Bonchev–Trinajstić information content (AvgIpc) is 2.43. The molecule has 0 bridgehead atoms. The van der Waals surface area contributed by atoms with Crippen LogP contribution in [0.1, 0.15) is 25.3 Å². The molecular formula is C15H20ClFN2O. The van der Waals surface area contributed by atoms with Crippen LogP contribution in [-0.4, -0.2) is 36.5 Å². The Hall–Kier alpha value is -1.13. The van der Waals surface area contributed by atoms with Crippen molar-refractivity contribution in [1.29, 1.82) is 0 Å². The molecule has 20 heavy (non-hydrogen) atoms. The largest absolute Gasteiger partial charge is 0.342 e. The van der Waals surface area contributed by atoms with Crippen LogP contribution in [0.3, 0.4) is 0 Å². The van der Waals surface area contributed by atoms with E-state index in [9.17, 15) is 9.18 Å². The molecule has 0 saturated carbocycles. The van der Waals surface area contributed by atoms with Gasteiger partial charge in [0.05, 0.1) is 6.42 Å². The first-order valence-corrected chi connectivity index (χ1v) is 7.22. The van der Waals surface area contributed by atoms with Crippen LogP contribution >= 0.6 is 11.6 Å². The van der Waals surface area contributed by atoms with Crippen LogP contribution in [0.5, 0.6) is 0 Å². The molecule has 0 aliphatic carbocycles. The fourth-order valence-electron chi connectivity index (χ4n) is 2.46. The summed E-state index contributed by atoms with van der Waals surface area (Å²) in [6.07, 6.45) is 1.84. The zero-order valence-electron chi connectivity index (χ0n) is 11.9. The average molecular weight is 299 g/mol. The van der Waals surface area contributed by atoms with Crippen molar-refractivity contribution >= 4 is 17.5 Å². The summed E-state index contributed by atoms with van der Waals surface area (Å²) in [5.74, 6) is -0.474. The van der Waals surface area contributed by atoms with E-state index in [4.69, 9.17) is 11.6 Å². The number of piperidine rings is 1. The molecule has 0 atom stereocenters. The first-order chi connectivity index (χ1) is 9.45. The summed E-state index contributed by atoms with van der Waals surface area (Å²) in [6.45, 7) is 3.55. The third kappa shape index (κ3) is 3.30. The highest BCUT2D eigenvalue weighted by atomic mass is 35.5. The molecule has 0 spiro atoms. The van der Waals surface area contributed by atoms with Crippen molar-refractivity contribution in [2.24, 2.45) is 0 Å². The number of amides is 1. The van der Waals surface area contributed by atoms with Crippen LogP contribution in [0.25, 0.3) is 0 Å². The highest BCUT2D eigenvalue weighted by Crippen LogP contribution is 2.24. The maximum atomic E-state index is 13.7. The second kappa shape index (κ2) is 6.10. The molecule has 3 nitrogen and oxygen atoms in total. The van der Waals surface area contributed by atoms with Gasteiger partial charge in [0.2, 0.25) is 5.91 Å². The van der Waals surface area contributed by atoms with Crippen molar-refractivity contribution in [2.75, 3.05) is 20.1 Å². The highest BCUT2D eigenvalue weighted by molar-refractivity contribution is 6.31. The second-order valence-corrected chi connectivity index (χ2v) is 5.98. The first kappa shape index (κ1) is 15.3. The Kier molecular flexibility index (Phi) is 4.66. The van der Waals surface area contributed by atoms with Crippen LogP contribution in [0, 0.1) is 5.82 Å². The molecule has 2 rings (SSSR count). The molecule has 1 aromatic rings. The van der Waals surface area contributed by atoms with Gasteiger partial charge in [0, 0.05) is 29.2 Å². The van der Waals surface area contributed by atoms with Gasteiger partial charge in [-0.05, 0) is 38.9 Å². The van der Waals surface area contributed by atoms with Crippen molar-refractivity contribution in [3.8, 4) is 0 Å². The second-order valence-electron chi connectivity index (χ2n) is 5.57. The number of hydrogen-bond donors (Lipinski definition) is 1. The van der Waals surface area contributed by atoms with Gasteiger partial charge in [0.25, 0.3) is 0 Å². The van der Waals surface area contributed by atoms with Crippen LogP contribution in [0.2, 0.25) is 5.02 Å². The van der Waals surface area contributed by atoms with E-state index < -0.39 is 5.82 Å². The lowest BCUT2D eigenvalue weighted by Gasteiger charge is -2.39. The van der Waals surface area contributed by atoms with Gasteiger partial charge in [-0.2, -0.15) is 0 Å².